The lowest BCUT2D eigenvalue weighted by atomic mass is 10.0. The van der Waals surface area contributed by atoms with Crippen molar-refractivity contribution in [1.29, 1.82) is 0 Å². The number of fused-ring (bicyclic) bond motifs is 1. The Kier molecular flexibility index (Phi) is 8.09. The minimum Gasteiger partial charge on any atom is -0.475 e. The maximum Gasteiger partial charge on any atom is 0.251 e. The van der Waals surface area contributed by atoms with E-state index in [1.165, 1.54) is 12.8 Å². The van der Waals surface area contributed by atoms with Crippen molar-refractivity contribution in [1.82, 2.24) is 25.8 Å². The van der Waals surface area contributed by atoms with Gasteiger partial charge in [0.1, 0.15) is 5.69 Å². The van der Waals surface area contributed by atoms with Crippen LogP contribution in [0.25, 0.3) is 22.2 Å². The summed E-state index contributed by atoms with van der Waals surface area (Å²) in [6.45, 7) is 5.77. The SMILES string of the molecule is C1=CCCC=C1.CC(C)Oc1cc(-c2n[nH]c3ccc(C(=O)NC4CCCNC4)cc23)ccn1. The van der Waals surface area contributed by atoms with Crippen LogP contribution < -0.4 is 15.4 Å². The lowest BCUT2D eigenvalue weighted by molar-refractivity contribution is 0.0931. The maximum absolute atomic E-state index is 12.7. The molecule has 0 bridgehead atoms. The number of aromatic nitrogens is 3. The van der Waals surface area contributed by atoms with Crippen LogP contribution in [0, 0.1) is 0 Å². The molecule has 0 spiro atoms. The van der Waals surface area contributed by atoms with Crippen LogP contribution in [0.3, 0.4) is 0 Å². The van der Waals surface area contributed by atoms with Crippen molar-refractivity contribution in [2.45, 2.75) is 51.7 Å². The van der Waals surface area contributed by atoms with E-state index in [9.17, 15) is 4.79 Å². The average molecular weight is 460 g/mol. The summed E-state index contributed by atoms with van der Waals surface area (Å²) in [6, 6.07) is 9.56. The molecule has 1 aromatic carbocycles. The molecule has 1 aliphatic heterocycles. The second-order valence-electron chi connectivity index (χ2n) is 8.83. The van der Waals surface area contributed by atoms with Crippen LogP contribution in [0.4, 0.5) is 0 Å². The lowest BCUT2D eigenvalue weighted by Gasteiger charge is -2.23. The number of carbonyl (C=O) groups is 1. The molecule has 3 N–H and O–H groups in total. The van der Waals surface area contributed by atoms with Gasteiger partial charge in [0.05, 0.1) is 11.6 Å². The highest BCUT2D eigenvalue weighted by Gasteiger charge is 2.18. The Bertz CT molecular complexity index is 1150. The van der Waals surface area contributed by atoms with E-state index >= 15 is 0 Å². The zero-order chi connectivity index (χ0) is 23.8. The van der Waals surface area contributed by atoms with Gasteiger partial charge in [-0.15, -0.1) is 0 Å². The van der Waals surface area contributed by atoms with Crippen LogP contribution in [-0.4, -0.2) is 46.3 Å². The number of rotatable bonds is 5. The van der Waals surface area contributed by atoms with Gasteiger partial charge in [-0.2, -0.15) is 5.10 Å². The minimum absolute atomic E-state index is 0.0447. The van der Waals surface area contributed by atoms with Gasteiger partial charge in [0.2, 0.25) is 5.88 Å². The van der Waals surface area contributed by atoms with Gasteiger partial charge in [-0.25, -0.2) is 4.98 Å². The Hall–Kier alpha value is -3.45. The first-order valence-corrected chi connectivity index (χ1v) is 12.0. The number of aromatic amines is 1. The number of nitrogens with zero attached hydrogens (tertiary/aromatic N) is 2. The first-order valence-electron chi connectivity index (χ1n) is 12.0. The zero-order valence-electron chi connectivity index (χ0n) is 19.9. The maximum atomic E-state index is 12.7. The van der Waals surface area contributed by atoms with Crippen molar-refractivity contribution >= 4 is 16.8 Å². The quantitative estimate of drug-likeness (QED) is 0.510. The lowest BCUT2D eigenvalue weighted by Crippen LogP contribution is -2.45. The molecular formula is C27H33N5O2. The Morgan fingerprint density at radius 3 is 2.65 bits per heavy atom. The summed E-state index contributed by atoms with van der Waals surface area (Å²) in [7, 11) is 0. The number of H-pyrrole nitrogens is 1. The summed E-state index contributed by atoms with van der Waals surface area (Å²) in [5, 5.41) is 14.8. The number of pyridine rings is 1. The molecule has 0 saturated carbocycles. The standard InChI is InChI=1S/C21H25N5O2.C6H8/c1-13(2)28-19-11-14(7-9-23-19)20-17-10-15(5-6-18(17)25-26-20)21(27)24-16-4-3-8-22-12-16;1-2-4-6-5-3-1/h5-7,9-11,13,16,22H,3-4,8,12H2,1-2H3,(H,24,27)(H,25,26);1-4H,5-6H2. The minimum atomic E-state index is -0.0543. The number of allylic oxidation sites excluding steroid dienone is 4. The van der Waals surface area contributed by atoms with E-state index in [0.29, 0.717) is 11.4 Å². The molecule has 3 aromatic rings. The highest BCUT2D eigenvalue weighted by Crippen LogP contribution is 2.29. The third-order valence-corrected chi connectivity index (χ3v) is 5.71. The van der Waals surface area contributed by atoms with Gasteiger partial charge < -0.3 is 15.4 Å². The molecule has 3 heterocycles. The number of hydrogen-bond acceptors (Lipinski definition) is 5. The number of hydrogen-bond donors (Lipinski definition) is 3. The fraction of sp³-hybridized carbons (Fsp3) is 0.370. The van der Waals surface area contributed by atoms with Gasteiger partial charge >= 0.3 is 0 Å². The van der Waals surface area contributed by atoms with Gasteiger partial charge in [-0.05, 0) is 70.3 Å². The molecular weight excluding hydrogens is 426 g/mol. The van der Waals surface area contributed by atoms with Crippen molar-refractivity contribution in [3.05, 3.63) is 66.4 Å². The largest absolute Gasteiger partial charge is 0.475 e. The van der Waals surface area contributed by atoms with Crippen molar-refractivity contribution < 1.29 is 9.53 Å². The zero-order valence-corrected chi connectivity index (χ0v) is 19.9. The topological polar surface area (TPSA) is 91.9 Å². The summed E-state index contributed by atoms with van der Waals surface area (Å²) in [4.78, 5) is 17.0. The molecule has 1 fully saturated rings. The van der Waals surface area contributed by atoms with Gasteiger partial charge in [0, 0.05) is 41.4 Å². The summed E-state index contributed by atoms with van der Waals surface area (Å²) in [5.74, 6) is 0.503. The van der Waals surface area contributed by atoms with Crippen LogP contribution in [0.1, 0.15) is 49.9 Å². The molecule has 5 rings (SSSR count). The number of piperidine rings is 1. The second-order valence-corrected chi connectivity index (χ2v) is 8.83. The van der Waals surface area contributed by atoms with Crippen LogP contribution >= 0.6 is 0 Å². The molecule has 2 aromatic heterocycles. The monoisotopic (exact) mass is 459 g/mol. The van der Waals surface area contributed by atoms with Crippen LogP contribution in [0.2, 0.25) is 0 Å². The molecule has 1 atom stereocenters. The average Bonchev–Trinajstić information content (AvgIpc) is 3.29. The second kappa shape index (κ2) is 11.6. The van der Waals surface area contributed by atoms with Crippen molar-refractivity contribution in [3.63, 3.8) is 0 Å². The third-order valence-electron chi connectivity index (χ3n) is 5.71. The fourth-order valence-electron chi connectivity index (χ4n) is 4.02. The smallest absolute Gasteiger partial charge is 0.251 e. The van der Waals surface area contributed by atoms with E-state index in [0.717, 1.165) is 48.1 Å². The van der Waals surface area contributed by atoms with E-state index in [1.54, 1.807) is 6.20 Å². The van der Waals surface area contributed by atoms with Gasteiger partial charge in [-0.3, -0.25) is 9.89 Å². The van der Waals surface area contributed by atoms with Crippen molar-refractivity contribution in [3.8, 4) is 17.1 Å². The number of nitrogens with one attached hydrogen (secondary N) is 3. The summed E-state index contributed by atoms with van der Waals surface area (Å²) >= 11 is 0. The number of ether oxygens (including phenoxy) is 1. The molecule has 178 valence electrons. The number of amides is 1. The number of carbonyl (C=O) groups excluding carboxylic acids is 1. The van der Waals surface area contributed by atoms with Crippen molar-refractivity contribution in [2.24, 2.45) is 0 Å². The number of benzene rings is 1. The third kappa shape index (κ3) is 6.32. The molecule has 34 heavy (non-hydrogen) atoms. The predicted molar refractivity (Wildman–Crippen MR) is 136 cm³/mol. The molecule has 7 nitrogen and oxygen atoms in total. The van der Waals surface area contributed by atoms with Crippen LogP contribution in [0.15, 0.2) is 60.8 Å². The molecule has 1 aliphatic carbocycles. The fourth-order valence-corrected chi connectivity index (χ4v) is 4.02. The highest BCUT2D eigenvalue weighted by atomic mass is 16.5. The van der Waals surface area contributed by atoms with E-state index < -0.39 is 0 Å². The van der Waals surface area contributed by atoms with Gasteiger partial charge in [0.15, 0.2) is 0 Å². The molecule has 0 radical (unpaired) electrons. The molecule has 7 heteroatoms. The molecule has 1 amide bonds. The molecule has 1 saturated heterocycles. The first kappa shape index (κ1) is 23.7. The van der Waals surface area contributed by atoms with Crippen LogP contribution in [0.5, 0.6) is 5.88 Å². The summed E-state index contributed by atoms with van der Waals surface area (Å²) in [6.07, 6.45) is 14.8. The predicted octanol–water partition coefficient (Wildman–Crippen LogP) is 4.79. The Labute approximate surface area is 200 Å². The van der Waals surface area contributed by atoms with Gasteiger partial charge in [-0.1, -0.05) is 24.3 Å². The van der Waals surface area contributed by atoms with E-state index in [4.69, 9.17) is 4.74 Å². The Balaban J connectivity index is 0.000000398. The Morgan fingerprint density at radius 1 is 1.15 bits per heavy atom. The molecule has 2 aliphatic rings. The molecule has 1 unspecified atom stereocenters. The first-order chi connectivity index (χ1) is 16.6. The highest BCUT2D eigenvalue weighted by molar-refractivity contribution is 6.01. The van der Waals surface area contributed by atoms with Crippen LogP contribution in [-0.2, 0) is 0 Å². The van der Waals surface area contributed by atoms with Crippen molar-refractivity contribution in [2.75, 3.05) is 13.1 Å². The summed E-state index contributed by atoms with van der Waals surface area (Å²) < 4.78 is 5.69. The van der Waals surface area contributed by atoms with Gasteiger partial charge in [0.25, 0.3) is 5.91 Å². The van der Waals surface area contributed by atoms with E-state index in [-0.39, 0.29) is 18.1 Å². The normalized spacial score (nSPS) is 17.3. The van der Waals surface area contributed by atoms with E-state index in [2.05, 4.69) is 50.1 Å². The summed E-state index contributed by atoms with van der Waals surface area (Å²) in [5.41, 5.74) is 3.19. The van der Waals surface area contributed by atoms with E-state index in [1.807, 2.05) is 44.2 Å². The Morgan fingerprint density at radius 2 is 1.97 bits per heavy atom.